The van der Waals surface area contributed by atoms with Gasteiger partial charge in [-0.25, -0.2) is 9.18 Å². The molecule has 0 bridgehead atoms. The SMILES string of the molecule is CCN(CC)[C@H](CNC(=O)Nc1cc([N+](=O)[O-])ccc1F)c1ccsc1. The van der Waals surface area contributed by atoms with Crippen molar-refractivity contribution in [1.29, 1.82) is 0 Å². The summed E-state index contributed by atoms with van der Waals surface area (Å²) in [5.41, 5.74) is 0.577. The number of nitro groups is 1. The Bertz CT molecular complexity index is 750. The second kappa shape index (κ2) is 9.25. The van der Waals surface area contributed by atoms with Crippen molar-refractivity contribution < 1.29 is 14.1 Å². The molecular formula is C17H21FN4O3S. The molecule has 140 valence electrons. The van der Waals surface area contributed by atoms with Gasteiger partial charge in [-0.3, -0.25) is 15.0 Å². The molecule has 7 nitrogen and oxygen atoms in total. The van der Waals surface area contributed by atoms with Gasteiger partial charge in [0.15, 0.2) is 0 Å². The fraction of sp³-hybridized carbons (Fsp3) is 0.353. The van der Waals surface area contributed by atoms with Gasteiger partial charge in [-0.15, -0.1) is 0 Å². The zero-order valence-corrected chi connectivity index (χ0v) is 15.4. The smallest absolute Gasteiger partial charge is 0.319 e. The maximum Gasteiger partial charge on any atom is 0.319 e. The van der Waals surface area contributed by atoms with Crippen LogP contribution in [0.15, 0.2) is 35.0 Å². The van der Waals surface area contributed by atoms with Gasteiger partial charge in [0.05, 0.1) is 16.7 Å². The molecule has 0 saturated heterocycles. The number of halogens is 1. The van der Waals surface area contributed by atoms with Gasteiger partial charge in [0, 0.05) is 18.7 Å². The molecule has 0 saturated carbocycles. The van der Waals surface area contributed by atoms with Crippen LogP contribution in [-0.2, 0) is 0 Å². The third-order valence-corrected chi connectivity index (χ3v) is 4.75. The molecular weight excluding hydrogens is 359 g/mol. The Hall–Kier alpha value is -2.52. The first-order valence-corrected chi connectivity index (χ1v) is 9.15. The van der Waals surface area contributed by atoms with Gasteiger partial charge < -0.3 is 10.6 Å². The molecule has 1 heterocycles. The summed E-state index contributed by atoms with van der Waals surface area (Å²) in [4.78, 5) is 24.5. The van der Waals surface area contributed by atoms with E-state index in [0.29, 0.717) is 6.54 Å². The number of nitrogens with zero attached hydrogens (tertiary/aromatic N) is 2. The van der Waals surface area contributed by atoms with Crippen LogP contribution in [0.5, 0.6) is 0 Å². The first-order valence-electron chi connectivity index (χ1n) is 8.21. The second-order valence-electron chi connectivity index (χ2n) is 5.55. The van der Waals surface area contributed by atoms with E-state index in [2.05, 4.69) is 15.5 Å². The van der Waals surface area contributed by atoms with Crippen LogP contribution in [0.3, 0.4) is 0 Å². The average molecular weight is 380 g/mol. The van der Waals surface area contributed by atoms with E-state index in [-0.39, 0.29) is 17.4 Å². The van der Waals surface area contributed by atoms with Crippen molar-refractivity contribution in [2.45, 2.75) is 19.9 Å². The van der Waals surface area contributed by atoms with Crippen molar-refractivity contribution in [3.05, 3.63) is 56.5 Å². The normalized spacial score (nSPS) is 12.0. The van der Waals surface area contributed by atoms with E-state index in [1.807, 2.05) is 30.7 Å². The number of likely N-dealkylation sites (N-methyl/N-ethyl adjacent to an activating group) is 1. The monoisotopic (exact) mass is 380 g/mol. The molecule has 0 aliphatic heterocycles. The number of carbonyl (C=O) groups is 1. The quantitative estimate of drug-likeness (QED) is 0.535. The van der Waals surface area contributed by atoms with Crippen molar-refractivity contribution in [3.63, 3.8) is 0 Å². The third-order valence-electron chi connectivity index (χ3n) is 4.05. The molecule has 1 aromatic heterocycles. The van der Waals surface area contributed by atoms with E-state index in [1.165, 1.54) is 0 Å². The lowest BCUT2D eigenvalue weighted by molar-refractivity contribution is -0.384. The molecule has 0 spiro atoms. The number of rotatable bonds is 8. The highest BCUT2D eigenvalue weighted by Crippen LogP contribution is 2.23. The van der Waals surface area contributed by atoms with Crippen LogP contribution in [0.1, 0.15) is 25.5 Å². The van der Waals surface area contributed by atoms with Crippen molar-refractivity contribution >= 4 is 28.7 Å². The number of urea groups is 1. The number of non-ortho nitro benzene ring substituents is 1. The topological polar surface area (TPSA) is 87.5 Å². The molecule has 0 fully saturated rings. The predicted molar refractivity (Wildman–Crippen MR) is 100 cm³/mol. The van der Waals surface area contributed by atoms with Gasteiger partial charge in [0.2, 0.25) is 0 Å². The Morgan fingerprint density at radius 3 is 2.65 bits per heavy atom. The van der Waals surface area contributed by atoms with Crippen LogP contribution >= 0.6 is 11.3 Å². The number of hydrogen-bond donors (Lipinski definition) is 2. The van der Waals surface area contributed by atoms with Crippen LogP contribution in [-0.4, -0.2) is 35.5 Å². The minimum absolute atomic E-state index is 0.00282. The number of benzene rings is 1. The standard InChI is InChI=1S/C17H21FN4O3S/c1-3-21(4-2)16(12-7-8-26-11-12)10-19-17(23)20-15-9-13(22(24)25)5-6-14(15)18/h5-9,11,16H,3-4,10H2,1-2H3,(H2,19,20,23)/t16-/m1/s1. The molecule has 0 aliphatic rings. The molecule has 2 amide bonds. The second-order valence-corrected chi connectivity index (χ2v) is 6.33. The number of amides is 2. The fourth-order valence-electron chi connectivity index (χ4n) is 2.67. The third kappa shape index (κ3) is 4.99. The summed E-state index contributed by atoms with van der Waals surface area (Å²) in [6.07, 6.45) is 0. The van der Waals surface area contributed by atoms with Crippen LogP contribution in [0.25, 0.3) is 0 Å². The Kier molecular flexibility index (Phi) is 7.05. The Balaban J connectivity index is 2.04. The van der Waals surface area contributed by atoms with Crippen LogP contribution in [0.2, 0.25) is 0 Å². The maximum absolute atomic E-state index is 13.8. The van der Waals surface area contributed by atoms with E-state index in [1.54, 1.807) is 11.3 Å². The molecule has 2 aromatic rings. The first kappa shape index (κ1) is 19.8. The molecule has 26 heavy (non-hydrogen) atoms. The summed E-state index contributed by atoms with van der Waals surface area (Å²) in [5.74, 6) is -0.733. The minimum atomic E-state index is -0.733. The number of carbonyl (C=O) groups excluding carboxylic acids is 1. The van der Waals surface area contributed by atoms with Crippen molar-refractivity contribution in [2.75, 3.05) is 25.0 Å². The summed E-state index contributed by atoms with van der Waals surface area (Å²) in [6, 6.07) is 4.39. The van der Waals surface area contributed by atoms with E-state index in [9.17, 15) is 19.3 Å². The highest BCUT2D eigenvalue weighted by atomic mass is 32.1. The van der Waals surface area contributed by atoms with Gasteiger partial charge >= 0.3 is 6.03 Å². The summed E-state index contributed by atoms with van der Waals surface area (Å²) in [7, 11) is 0. The lowest BCUT2D eigenvalue weighted by Gasteiger charge is -2.29. The van der Waals surface area contributed by atoms with Crippen LogP contribution in [0.4, 0.5) is 20.6 Å². The minimum Gasteiger partial charge on any atom is -0.336 e. The van der Waals surface area contributed by atoms with Gasteiger partial charge in [0.1, 0.15) is 5.82 Å². The van der Waals surface area contributed by atoms with Crippen molar-refractivity contribution in [1.82, 2.24) is 10.2 Å². The summed E-state index contributed by atoms with van der Waals surface area (Å²) < 4.78 is 13.8. The highest BCUT2D eigenvalue weighted by Gasteiger charge is 2.20. The Morgan fingerprint density at radius 1 is 1.35 bits per heavy atom. The first-order chi connectivity index (χ1) is 12.5. The van der Waals surface area contributed by atoms with Gasteiger partial charge in [-0.1, -0.05) is 13.8 Å². The Labute approximate surface area is 155 Å². The summed E-state index contributed by atoms with van der Waals surface area (Å²) in [6.45, 7) is 6.06. The Morgan fingerprint density at radius 2 is 2.08 bits per heavy atom. The zero-order valence-electron chi connectivity index (χ0n) is 14.6. The molecule has 0 unspecified atom stereocenters. The van der Waals surface area contributed by atoms with E-state index < -0.39 is 16.8 Å². The molecule has 2 N–H and O–H groups in total. The molecule has 9 heteroatoms. The zero-order chi connectivity index (χ0) is 19.1. The number of hydrogen-bond acceptors (Lipinski definition) is 5. The number of nitro benzene ring substituents is 1. The lowest BCUT2D eigenvalue weighted by atomic mass is 10.1. The largest absolute Gasteiger partial charge is 0.336 e. The highest BCUT2D eigenvalue weighted by molar-refractivity contribution is 7.07. The van der Waals surface area contributed by atoms with Gasteiger partial charge in [-0.2, -0.15) is 11.3 Å². The number of anilines is 1. The summed E-state index contributed by atoms with van der Waals surface area (Å²) in [5, 5.41) is 19.9. The van der Waals surface area contributed by atoms with E-state index in [4.69, 9.17) is 0 Å². The van der Waals surface area contributed by atoms with Gasteiger partial charge in [0.25, 0.3) is 5.69 Å². The number of thiophene rings is 1. The average Bonchev–Trinajstić information content (AvgIpc) is 3.14. The molecule has 2 rings (SSSR count). The van der Waals surface area contributed by atoms with E-state index in [0.717, 1.165) is 36.9 Å². The summed E-state index contributed by atoms with van der Waals surface area (Å²) >= 11 is 1.58. The molecule has 1 atom stereocenters. The molecule has 0 aliphatic carbocycles. The van der Waals surface area contributed by atoms with E-state index >= 15 is 0 Å². The van der Waals surface area contributed by atoms with Crippen LogP contribution < -0.4 is 10.6 Å². The van der Waals surface area contributed by atoms with Gasteiger partial charge in [-0.05, 0) is 41.5 Å². The fourth-order valence-corrected chi connectivity index (χ4v) is 3.37. The predicted octanol–water partition coefficient (Wildman–Crippen LogP) is 4.00. The number of nitrogens with one attached hydrogen (secondary N) is 2. The van der Waals surface area contributed by atoms with Crippen molar-refractivity contribution in [2.24, 2.45) is 0 Å². The van der Waals surface area contributed by atoms with Crippen molar-refractivity contribution in [3.8, 4) is 0 Å². The molecule has 1 aromatic carbocycles. The maximum atomic E-state index is 13.8. The molecule has 0 radical (unpaired) electrons. The van der Waals surface area contributed by atoms with Crippen LogP contribution in [0, 0.1) is 15.9 Å². The lowest BCUT2D eigenvalue weighted by Crippen LogP contribution is -2.39.